The molecule has 3 aromatic rings. The maximum absolute atomic E-state index is 11.0. The van der Waals surface area contributed by atoms with E-state index in [1.54, 1.807) is 16.8 Å². The van der Waals surface area contributed by atoms with Crippen molar-refractivity contribution in [2.45, 2.75) is 16.6 Å². The van der Waals surface area contributed by atoms with Gasteiger partial charge in [-0.3, -0.25) is 9.36 Å². The standard InChI is InChI=1S/C14H11N3O2S/c18-12(19)9-17-13-11(7-4-8-15-13)16-14(17)20-10-5-2-1-3-6-10/h1-8H,9H2,(H,18,19). The lowest BCUT2D eigenvalue weighted by Crippen LogP contribution is -2.10. The number of imidazole rings is 1. The number of hydrogen-bond donors (Lipinski definition) is 1. The summed E-state index contributed by atoms with van der Waals surface area (Å²) in [5.74, 6) is -0.912. The van der Waals surface area contributed by atoms with Crippen LogP contribution < -0.4 is 0 Å². The molecule has 20 heavy (non-hydrogen) atoms. The van der Waals surface area contributed by atoms with Gasteiger partial charge in [-0.2, -0.15) is 0 Å². The van der Waals surface area contributed by atoms with Gasteiger partial charge in [0, 0.05) is 11.1 Å². The van der Waals surface area contributed by atoms with Crippen molar-refractivity contribution in [3.63, 3.8) is 0 Å². The molecule has 0 fully saturated rings. The summed E-state index contributed by atoms with van der Waals surface area (Å²) in [4.78, 5) is 20.7. The van der Waals surface area contributed by atoms with Crippen LogP contribution in [0.15, 0.2) is 58.7 Å². The maximum atomic E-state index is 11.0. The Morgan fingerprint density at radius 1 is 1.20 bits per heavy atom. The molecule has 0 bridgehead atoms. The molecule has 6 heteroatoms. The van der Waals surface area contributed by atoms with E-state index in [0.29, 0.717) is 16.3 Å². The molecule has 2 heterocycles. The minimum Gasteiger partial charge on any atom is -0.480 e. The van der Waals surface area contributed by atoms with Gasteiger partial charge in [0.05, 0.1) is 0 Å². The van der Waals surface area contributed by atoms with E-state index in [2.05, 4.69) is 9.97 Å². The third-order valence-corrected chi connectivity index (χ3v) is 3.72. The van der Waals surface area contributed by atoms with Crippen LogP contribution in [0, 0.1) is 0 Å². The van der Waals surface area contributed by atoms with E-state index < -0.39 is 5.97 Å². The summed E-state index contributed by atoms with van der Waals surface area (Å²) in [5, 5.41) is 9.68. The van der Waals surface area contributed by atoms with Crippen LogP contribution in [0.2, 0.25) is 0 Å². The number of nitrogens with zero attached hydrogens (tertiary/aromatic N) is 3. The van der Waals surface area contributed by atoms with Crippen molar-refractivity contribution in [2.75, 3.05) is 0 Å². The summed E-state index contributed by atoms with van der Waals surface area (Å²) < 4.78 is 1.62. The zero-order chi connectivity index (χ0) is 13.9. The summed E-state index contributed by atoms with van der Waals surface area (Å²) >= 11 is 1.43. The van der Waals surface area contributed by atoms with E-state index in [9.17, 15) is 4.79 Å². The molecule has 0 aliphatic heterocycles. The van der Waals surface area contributed by atoms with Crippen molar-refractivity contribution in [2.24, 2.45) is 0 Å². The quantitative estimate of drug-likeness (QED) is 0.798. The first kappa shape index (κ1) is 12.7. The average Bonchev–Trinajstić information content (AvgIpc) is 2.78. The SMILES string of the molecule is O=C(O)Cn1c(Sc2ccccc2)nc2cccnc21. The zero-order valence-electron chi connectivity index (χ0n) is 10.4. The van der Waals surface area contributed by atoms with E-state index in [1.165, 1.54) is 11.8 Å². The van der Waals surface area contributed by atoms with Gasteiger partial charge < -0.3 is 5.11 Å². The van der Waals surface area contributed by atoms with Crippen LogP contribution in [0.25, 0.3) is 11.2 Å². The number of carboxylic acids is 1. The minimum absolute atomic E-state index is 0.150. The highest BCUT2D eigenvalue weighted by atomic mass is 32.2. The van der Waals surface area contributed by atoms with Gasteiger partial charge in [-0.05, 0) is 24.3 Å². The summed E-state index contributed by atoms with van der Waals surface area (Å²) in [6, 6.07) is 13.3. The van der Waals surface area contributed by atoms with Gasteiger partial charge in [0.2, 0.25) is 0 Å². The van der Waals surface area contributed by atoms with Crippen molar-refractivity contribution in [1.82, 2.24) is 14.5 Å². The van der Waals surface area contributed by atoms with Gasteiger partial charge in [0.15, 0.2) is 10.8 Å². The summed E-state index contributed by atoms with van der Waals surface area (Å²) in [5.41, 5.74) is 1.29. The van der Waals surface area contributed by atoms with Gasteiger partial charge >= 0.3 is 5.97 Å². The number of hydrogen-bond acceptors (Lipinski definition) is 4. The van der Waals surface area contributed by atoms with Gasteiger partial charge in [-0.1, -0.05) is 30.0 Å². The molecule has 5 nitrogen and oxygen atoms in total. The Morgan fingerprint density at radius 3 is 2.75 bits per heavy atom. The van der Waals surface area contributed by atoms with Crippen LogP contribution >= 0.6 is 11.8 Å². The van der Waals surface area contributed by atoms with Crippen molar-refractivity contribution >= 4 is 28.9 Å². The molecule has 0 aliphatic rings. The number of aliphatic carboxylic acids is 1. The normalized spacial score (nSPS) is 10.8. The fourth-order valence-corrected chi connectivity index (χ4v) is 2.80. The molecule has 2 aromatic heterocycles. The molecule has 0 unspecified atom stereocenters. The monoisotopic (exact) mass is 285 g/mol. The average molecular weight is 285 g/mol. The Labute approximate surface area is 119 Å². The van der Waals surface area contributed by atoms with Gasteiger partial charge in [0.25, 0.3) is 0 Å². The van der Waals surface area contributed by atoms with Gasteiger partial charge in [-0.25, -0.2) is 9.97 Å². The maximum Gasteiger partial charge on any atom is 0.323 e. The second kappa shape index (κ2) is 5.34. The Balaban J connectivity index is 2.07. The molecular weight excluding hydrogens is 274 g/mol. The number of pyridine rings is 1. The molecule has 1 N–H and O–H groups in total. The smallest absolute Gasteiger partial charge is 0.323 e. The molecule has 0 saturated heterocycles. The number of fused-ring (bicyclic) bond motifs is 1. The highest BCUT2D eigenvalue weighted by molar-refractivity contribution is 7.99. The van der Waals surface area contributed by atoms with Crippen LogP contribution in [-0.2, 0) is 11.3 Å². The van der Waals surface area contributed by atoms with Crippen LogP contribution in [-0.4, -0.2) is 25.6 Å². The third-order valence-electron chi connectivity index (χ3n) is 2.71. The largest absolute Gasteiger partial charge is 0.480 e. The molecule has 0 saturated carbocycles. The third kappa shape index (κ3) is 2.50. The second-order valence-corrected chi connectivity index (χ2v) is 5.18. The van der Waals surface area contributed by atoms with E-state index in [-0.39, 0.29) is 6.54 Å². The molecule has 0 atom stereocenters. The predicted molar refractivity (Wildman–Crippen MR) is 75.7 cm³/mol. The fourth-order valence-electron chi connectivity index (χ4n) is 1.89. The Morgan fingerprint density at radius 2 is 2.00 bits per heavy atom. The molecule has 0 radical (unpaired) electrons. The molecule has 0 spiro atoms. The van der Waals surface area contributed by atoms with Crippen LogP contribution in [0.3, 0.4) is 0 Å². The minimum atomic E-state index is -0.912. The summed E-state index contributed by atoms with van der Waals surface area (Å²) in [6.45, 7) is -0.150. The molecular formula is C14H11N3O2S. The summed E-state index contributed by atoms with van der Waals surface area (Å²) in [6.07, 6.45) is 1.64. The van der Waals surface area contributed by atoms with E-state index in [4.69, 9.17) is 5.11 Å². The topological polar surface area (TPSA) is 68.0 Å². The van der Waals surface area contributed by atoms with Crippen molar-refractivity contribution in [3.8, 4) is 0 Å². The number of carboxylic acid groups (broad SMARTS) is 1. The second-order valence-electron chi connectivity index (χ2n) is 4.14. The lowest BCUT2D eigenvalue weighted by atomic mass is 10.4. The molecule has 100 valence electrons. The van der Waals surface area contributed by atoms with Crippen molar-refractivity contribution in [3.05, 3.63) is 48.7 Å². The first-order valence-corrected chi connectivity index (χ1v) is 6.81. The van der Waals surface area contributed by atoms with Crippen LogP contribution in [0.5, 0.6) is 0 Å². The number of carbonyl (C=O) groups is 1. The van der Waals surface area contributed by atoms with Crippen molar-refractivity contribution in [1.29, 1.82) is 0 Å². The Bertz CT molecular complexity index is 755. The van der Waals surface area contributed by atoms with Gasteiger partial charge in [-0.15, -0.1) is 0 Å². The van der Waals surface area contributed by atoms with E-state index in [1.807, 2.05) is 36.4 Å². The Kier molecular flexibility index (Phi) is 3.39. The number of benzene rings is 1. The number of rotatable bonds is 4. The van der Waals surface area contributed by atoms with E-state index in [0.717, 1.165) is 4.90 Å². The lowest BCUT2D eigenvalue weighted by molar-refractivity contribution is -0.137. The molecule has 3 rings (SSSR count). The first-order chi connectivity index (χ1) is 9.74. The molecule has 1 aromatic carbocycles. The molecule has 0 amide bonds. The lowest BCUT2D eigenvalue weighted by Gasteiger charge is -2.04. The van der Waals surface area contributed by atoms with Crippen LogP contribution in [0.1, 0.15) is 0 Å². The summed E-state index contributed by atoms with van der Waals surface area (Å²) in [7, 11) is 0. The molecule has 0 aliphatic carbocycles. The van der Waals surface area contributed by atoms with Gasteiger partial charge in [0.1, 0.15) is 12.1 Å². The van der Waals surface area contributed by atoms with Crippen molar-refractivity contribution < 1.29 is 9.90 Å². The zero-order valence-corrected chi connectivity index (χ0v) is 11.2. The van der Waals surface area contributed by atoms with E-state index >= 15 is 0 Å². The predicted octanol–water partition coefficient (Wildman–Crippen LogP) is 2.67. The van der Waals surface area contributed by atoms with Crippen LogP contribution in [0.4, 0.5) is 0 Å². The number of aromatic nitrogens is 3. The Hall–Kier alpha value is -2.34. The first-order valence-electron chi connectivity index (χ1n) is 6.00. The highest BCUT2D eigenvalue weighted by Crippen LogP contribution is 2.29. The fraction of sp³-hybridized carbons (Fsp3) is 0.0714. The highest BCUT2D eigenvalue weighted by Gasteiger charge is 2.14.